The smallest absolute Gasteiger partial charge is 0.224 e. The van der Waals surface area contributed by atoms with E-state index < -0.39 is 0 Å². The van der Waals surface area contributed by atoms with Crippen molar-refractivity contribution in [2.24, 2.45) is 0 Å². The molecule has 0 aliphatic rings. The number of nitrogens with zero attached hydrogens (tertiary/aromatic N) is 2. The van der Waals surface area contributed by atoms with E-state index in [4.69, 9.17) is 4.52 Å². The molecule has 0 aliphatic heterocycles. The van der Waals surface area contributed by atoms with Crippen LogP contribution in [0.4, 0.5) is 5.69 Å². The predicted molar refractivity (Wildman–Crippen MR) is 91.7 cm³/mol. The van der Waals surface area contributed by atoms with E-state index in [-0.39, 0.29) is 11.8 Å². The van der Waals surface area contributed by atoms with Crippen LogP contribution in [0.15, 0.2) is 41.2 Å². The average Bonchev–Trinajstić information content (AvgIpc) is 3.18. The third-order valence-corrected chi connectivity index (χ3v) is 4.03. The molecule has 2 aromatic heterocycles. The SMILES string of the molecule is Cc1noc(C)c1C(C)CC(=O)Nc1ccccc1-c1ncc[nH]1. The monoisotopic (exact) mass is 324 g/mol. The van der Waals surface area contributed by atoms with Crippen molar-refractivity contribution in [3.8, 4) is 11.4 Å². The lowest BCUT2D eigenvalue weighted by Gasteiger charge is -2.13. The first kappa shape index (κ1) is 16.0. The van der Waals surface area contributed by atoms with Gasteiger partial charge in [0.2, 0.25) is 5.91 Å². The molecule has 1 amide bonds. The van der Waals surface area contributed by atoms with Gasteiger partial charge in [0.05, 0.1) is 11.4 Å². The molecule has 0 bridgehead atoms. The van der Waals surface area contributed by atoms with Gasteiger partial charge in [-0.3, -0.25) is 4.79 Å². The molecule has 0 aliphatic carbocycles. The minimum Gasteiger partial charge on any atom is -0.361 e. The Balaban J connectivity index is 1.74. The average molecular weight is 324 g/mol. The largest absolute Gasteiger partial charge is 0.361 e. The Morgan fingerprint density at radius 3 is 2.79 bits per heavy atom. The molecule has 6 heteroatoms. The Labute approximate surface area is 140 Å². The first-order chi connectivity index (χ1) is 11.6. The molecule has 6 nitrogen and oxygen atoms in total. The van der Waals surface area contributed by atoms with Crippen molar-refractivity contribution in [3.05, 3.63) is 53.7 Å². The zero-order valence-corrected chi connectivity index (χ0v) is 14.0. The molecule has 3 rings (SSSR count). The molecule has 3 aromatic rings. The van der Waals surface area contributed by atoms with E-state index in [1.165, 1.54) is 0 Å². The van der Waals surface area contributed by atoms with Crippen LogP contribution < -0.4 is 5.32 Å². The molecular weight excluding hydrogens is 304 g/mol. The van der Waals surface area contributed by atoms with E-state index in [0.29, 0.717) is 6.42 Å². The highest BCUT2D eigenvalue weighted by Gasteiger charge is 2.20. The molecule has 1 aromatic carbocycles. The van der Waals surface area contributed by atoms with Crippen LogP contribution >= 0.6 is 0 Å². The summed E-state index contributed by atoms with van der Waals surface area (Å²) >= 11 is 0. The minimum absolute atomic E-state index is 0.0343. The normalized spacial score (nSPS) is 12.1. The third-order valence-electron chi connectivity index (χ3n) is 4.03. The van der Waals surface area contributed by atoms with Crippen LogP contribution in [0.25, 0.3) is 11.4 Å². The molecule has 0 saturated heterocycles. The van der Waals surface area contributed by atoms with Crippen LogP contribution in [0.3, 0.4) is 0 Å². The lowest BCUT2D eigenvalue weighted by Crippen LogP contribution is -2.15. The third kappa shape index (κ3) is 3.22. The van der Waals surface area contributed by atoms with Crippen molar-refractivity contribution >= 4 is 11.6 Å². The van der Waals surface area contributed by atoms with Crippen molar-refractivity contribution in [2.75, 3.05) is 5.32 Å². The van der Waals surface area contributed by atoms with Crippen LogP contribution in [0.5, 0.6) is 0 Å². The maximum Gasteiger partial charge on any atom is 0.224 e. The van der Waals surface area contributed by atoms with Crippen molar-refractivity contribution in [1.82, 2.24) is 15.1 Å². The number of para-hydroxylation sites is 1. The van der Waals surface area contributed by atoms with Crippen LogP contribution in [-0.4, -0.2) is 21.0 Å². The highest BCUT2D eigenvalue weighted by molar-refractivity contribution is 5.95. The molecule has 0 saturated carbocycles. The van der Waals surface area contributed by atoms with Gasteiger partial charge >= 0.3 is 0 Å². The van der Waals surface area contributed by atoms with Crippen LogP contribution in [0, 0.1) is 13.8 Å². The van der Waals surface area contributed by atoms with Gasteiger partial charge in [-0.05, 0) is 31.9 Å². The first-order valence-corrected chi connectivity index (χ1v) is 7.87. The number of anilines is 1. The standard InChI is InChI=1S/C18H20N4O2/c1-11(17-12(2)22-24-13(17)3)10-16(23)21-15-7-5-4-6-14(15)18-19-8-9-20-18/h4-9,11H,10H2,1-3H3,(H,19,20)(H,21,23). The summed E-state index contributed by atoms with van der Waals surface area (Å²) in [6.45, 7) is 5.77. The number of amides is 1. The van der Waals surface area contributed by atoms with Gasteiger partial charge in [-0.2, -0.15) is 0 Å². The number of benzene rings is 1. The van der Waals surface area contributed by atoms with E-state index in [1.54, 1.807) is 12.4 Å². The van der Waals surface area contributed by atoms with Gasteiger partial charge in [0.25, 0.3) is 0 Å². The van der Waals surface area contributed by atoms with Gasteiger partial charge in [0, 0.05) is 29.9 Å². The second-order valence-electron chi connectivity index (χ2n) is 5.87. The summed E-state index contributed by atoms with van der Waals surface area (Å²) in [4.78, 5) is 19.8. The number of aromatic amines is 1. The molecule has 0 fully saturated rings. The summed E-state index contributed by atoms with van der Waals surface area (Å²) in [5.74, 6) is 1.47. The van der Waals surface area contributed by atoms with Crippen molar-refractivity contribution in [3.63, 3.8) is 0 Å². The van der Waals surface area contributed by atoms with Gasteiger partial charge in [0.1, 0.15) is 11.6 Å². The summed E-state index contributed by atoms with van der Waals surface area (Å²) in [6, 6.07) is 7.60. The number of aryl methyl sites for hydroxylation is 2. The fourth-order valence-corrected chi connectivity index (χ4v) is 2.99. The number of imidazole rings is 1. The summed E-state index contributed by atoms with van der Waals surface area (Å²) < 4.78 is 5.19. The molecule has 2 N–H and O–H groups in total. The topological polar surface area (TPSA) is 83.8 Å². The van der Waals surface area contributed by atoms with E-state index in [2.05, 4.69) is 20.4 Å². The Hall–Kier alpha value is -2.89. The van der Waals surface area contributed by atoms with Crippen LogP contribution in [-0.2, 0) is 4.79 Å². The van der Waals surface area contributed by atoms with Crippen molar-refractivity contribution in [1.29, 1.82) is 0 Å². The van der Waals surface area contributed by atoms with Gasteiger partial charge in [-0.25, -0.2) is 4.98 Å². The molecule has 0 radical (unpaired) electrons. The predicted octanol–water partition coefficient (Wildman–Crippen LogP) is 3.81. The second-order valence-corrected chi connectivity index (χ2v) is 5.87. The van der Waals surface area contributed by atoms with E-state index >= 15 is 0 Å². The Kier molecular flexibility index (Phi) is 4.46. The number of carbonyl (C=O) groups excluding carboxylic acids is 1. The van der Waals surface area contributed by atoms with E-state index in [9.17, 15) is 4.79 Å². The minimum atomic E-state index is -0.0542. The fourth-order valence-electron chi connectivity index (χ4n) is 2.99. The summed E-state index contributed by atoms with van der Waals surface area (Å²) in [6.07, 6.45) is 3.80. The zero-order chi connectivity index (χ0) is 17.1. The quantitative estimate of drug-likeness (QED) is 0.747. The van der Waals surface area contributed by atoms with Gasteiger partial charge in [-0.15, -0.1) is 0 Å². The number of hydrogen-bond acceptors (Lipinski definition) is 4. The number of rotatable bonds is 5. The Morgan fingerprint density at radius 2 is 2.12 bits per heavy atom. The van der Waals surface area contributed by atoms with Gasteiger partial charge < -0.3 is 14.8 Å². The molecule has 1 unspecified atom stereocenters. The van der Waals surface area contributed by atoms with E-state index in [0.717, 1.165) is 34.1 Å². The fraction of sp³-hybridized carbons (Fsp3) is 0.278. The van der Waals surface area contributed by atoms with E-state index in [1.807, 2.05) is 45.0 Å². The summed E-state index contributed by atoms with van der Waals surface area (Å²) in [7, 11) is 0. The lowest BCUT2D eigenvalue weighted by atomic mass is 9.96. The highest BCUT2D eigenvalue weighted by atomic mass is 16.5. The number of carbonyl (C=O) groups is 1. The number of nitrogens with one attached hydrogen (secondary N) is 2. The van der Waals surface area contributed by atoms with Gasteiger partial charge in [0.15, 0.2) is 0 Å². The lowest BCUT2D eigenvalue weighted by molar-refractivity contribution is -0.116. The second kappa shape index (κ2) is 6.70. The highest BCUT2D eigenvalue weighted by Crippen LogP contribution is 2.28. The number of H-pyrrole nitrogens is 1. The number of aromatic nitrogens is 3. The molecular formula is C18H20N4O2. The van der Waals surface area contributed by atoms with Crippen LogP contribution in [0.2, 0.25) is 0 Å². The molecule has 124 valence electrons. The number of hydrogen-bond donors (Lipinski definition) is 2. The van der Waals surface area contributed by atoms with Crippen molar-refractivity contribution < 1.29 is 9.32 Å². The van der Waals surface area contributed by atoms with Crippen molar-refractivity contribution in [2.45, 2.75) is 33.1 Å². The first-order valence-electron chi connectivity index (χ1n) is 7.87. The van der Waals surface area contributed by atoms with Crippen LogP contribution in [0.1, 0.15) is 36.3 Å². The van der Waals surface area contributed by atoms with Gasteiger partial charge in [-0.1, -0.05) is 24.2 Å². The summed E-state index contributed by atoms with van der Waals surface area (Å²) in [5.41, 5.74) is 3.44. The summed E-state index contributed by atoms with van der Waals surface area (Å²) in [5, 5.41) is 6.94. The maximum atomic E-state index is 12.5. The zero-order valence-electron chi connectivity index (χ0n) is 14.0. The molecule has 0 spiro atoms. The molecule has 1 atom stereocenters. The molecule has 2 heterocycles. The molecule has 24 heavy (non-hydrogen) atoms. The Morgan fingerprint density at radius 1 is 1.33 bits per heavy atom. The Bertz CT molecular complexity index is 817. The maximum absolute atomic E-state index is 12.5.